The zero-order chi connectivity index (χ0) is 17.9. The van der Waals surface area contributed by atoms with Gasteiger partial charge in [0.2, 0.25) is 5.91 Å². The van der Waals surface area contributed by atoms with Gasteiger partial charge in [0.15, 0.2) is 0 Å². The monoisotopic (exact) mass is 339 g/mol. The van der Waals surface area contributed by atoms with Gasteiger partial charge < -0.3 is 9.64 Å². The summed E-state index contributed by atoms with van der Waals surface area (Å²) in [6.07, 6.45) is 9.14. The number of nitrogens with zero attached hydrogens (tertiary/aromatic N) is 1. The predicted molar refractivity (Wildman–Crippen MR) is 101 cm³/mol. The van der Waals surface area contributed by atoms with Crippen LogP contribution in [0.5, 0.6) is 0 Å². The van der Waals surface area contributed by atoms with Crippen molar-refractivity contribution in [3.05, 3.63) is 61.2 Å². The van der Waals surface area contributed by atoms with Gasteiger partial charge in [0.25, 0.3) is 0 Å². The number of fused-ring (bicyclic) bond motifs is 1. The average molecular weight is 339 g/mol. The Labute approximate surface area is 151 Å². The summed E-state index contributed by atoms with van der Waals surface area (Å²) in [5, 5.41) is 0. The zero-order valence-corrected chi connectivity index (χ0v) is 15.2. The lowest BCUT2D eigenvalue weighted by Crippen LogP contribution is -2.57. The maximum atomic E-state index is 13.7. The van der Waals surface area contributed by atoms with Crippen LogP contribution < -0.4 is 0 Å². The number of benzene rings is 1. The van der Waals surface area contributed by atoms with Crippen molar-refractivity contribution in [2.75, 3.05) is 6.61 Å². The number of piperidine rings is 1. The Morgan fingerprint density at radius 3 is 2.68 bits per heavy atom. The summed E-state index contributed by atoms with van der Waals surface area (Å²) >= 11 is 0. The highest BCUT2D eigenvalue weighted by molar-refractivity contribution is 5.85. The molecule has 3 atom stereocenters. The van der Waals surface area contributed by atoms with Gasteiger partial charge in [-0.25, -0.2) is 0 Å². The number of hydrogen-bond acceptors (Lipinski definition) is 2. The molecule has 0 aromatic heterocycles. The van der Waals surface area contributed by atoms with E-state index in [9.17, 15) is 4.79 Å². The van der Waals surface area contributed by atoms with Crippen LogP contribution in [0.4, 0.5) is 0 Å². The van der Waals surface area contributed by atoms with Gasteiger partial charge >= 0.3 is 0 Å². The van der Waals surface area contributed by atoms with Gasteiger partial charge in [-0.15, -0.1) is 13.2 Å². The molecule has 134 valence electrons. The number of unbranched alkanes of at least 4 members (excludes halogenated alkanes) is 1. The third-order valence-electron chi connectivity index (χ3n) is 5.90. The summed E-state index contributed by atoms with van der Waals surface area (Å²) in [7, 11) is 0. The average Bonchev–Trinajstić information content (AvgIpc) is 2.98. The van der Waals surface area contributed by atoms with E-state index in [4.69, 9.17) is 4.74 Å². The fourth-order valence-electron chi connectivity index (χ4n) is 4.42. The molecular formula is C22H29NO2. The van der Waals surface area contributed by atoms with Gasteiger partial charge in [-0.3, -0.25) is 4.79 Å². The van der Waals surface area contributed by atoms with Gasteiger partial charge in [0, 0.05) is 0 Å². The van der Waals surface area contributed by atoms with Gasteiger partial charge in [0.1, 0.15) is 5.72 Å². The van der Waals surface area contributed by atoms with Crippen molar-refractivity contribution in [3.63, 3.8) is 0 Å². The number of amides is 1. The summed E-state index contributed by atoms with van der Waals surface area (Å²) in [5.41, 5.74) is 0.325. The Hall–Kier alpha value is -1.87. The Morgan fingerprint density at radius 1 is 1.24 bits per heavy atom. The van der Waals surface area contributed by atoms with Gasteiger partial charge in [0.05, 0.1) is 18.1 Å². The molecule has 1 amide bonds. The second-order valence-electron chi connectivity index (χ2n) is 7.54. The molecular weight excluding hydrogens is 310 g/mol. The van der Waals surface area contributed by atoms with Crippen LogP contribution in [0.2, 0.25) is 0 Å². The lowest BCUT2D eigenvalue weighted by Gasteiger charge is -2.49. The van der Waals surface area contributed by atoms with Crippen molar-refractivity contribution in [1.82, 2.24) is 4.90 Å². The first kappa shape index (κ1) is 17.9. The van der Waals surface area contributed by atoms with E-state index in [1.165, 1.54) is 0 Å². The minimum Gasteiger partial charge on any atom is -0.353 e. The van der Waals surface area contributed by atoms with Gasteiger partial charge in [-0.2, -0.15) is 0 Å². The molecule has 1 aromatic carbocycles. The molecule has 0 aliphatic carbocycles. The van der Waals surface area contributed by atoms with Crippen LogP contribution in [-0.4, -0.2) is 23.1 Å². The molecule has 25 heavy (non-hydrogen) atoms. The van der Waals surface area contributed by atoms with Crippen LogP contribution in [0.1, 0.15) is 57.1 Å². The van der Waals surface area contributed by atoms with Crippen LogP contribution >= 0.6 is 0 Å². The maximum Gasteiger partial charge on any atom is 0.231 e. The molecule has 3 rings (SSSR count). The zero-order valence-electron chi connectivity index (χ0n) is 15.2. The highest BCUT2D eigenvalue weighted by atomic mass is 16.5. The molecule has 3 nitrogen and oxygen atoms in total. The second kappa shape index (κ2) is 7.17. The number of carbonyl (C=O) groups is 1. The van der Waals surface area contributed by atoms with Crippen LogP contribution in [0.3, 0.4) is 0 Å². The Bertz CT molecular complexity index is 641. The third kappa shape index (κ3) is 3.18. The molecule has 2 fully saturated rings. The number of hydrogen-bond donors (Lipinski definition) is 0. The molecule has 0 bridgehead atoms. The molecule has 2 heterocycles. The van der Waals surface area contributed by atoms with Crippen LogP contribution in [0.25, 0.3) is 0 Å². The minimum absolute atomic E-state index is 0.00240. The van der Waals surface area contributed by atoms with Gasteiger partial charge in [-0.1, -0.05) is 42.5 Å². The first-order valence-corrected chi connectivity index (χ1v) is 9.31. The first-order valence-electron chi connectivity index (χ1n) is 9.31. The summed E-state index contributed by atoms with van der Waals surface area (Å²) in [6.45, 7) is 10.4. The second-order valence-corrected chi connectivity index (χ2v) is 7.54. The number of carbonyl (C=O) groups excluding carboxylic acids is 1. The third-order valence-corrected chi connectivity index (χ3v) is 5.90. The lowest BCUT2D eigenvalue weighted by molar-refractivity contribution is -0.174. The molecule has 3 heteroatoms. The van der Waals surface area contributed by atoms with E-state index in [1.807, 2.05) is 35.3 Å². The first-order chi connectivity index (χ1) is 12.1. The number of rotatable bonds is 7. The smallest absolute Gasteiger partial charge is 0.231 e. The fraction of sp³-hybridized carbons (Fsp3) is 0.500. The van der Waals surface area contributed by atoms with Crippen LogP contribution in [0.15, 0.2) is 55.6 Å². The highest BCUT2D eigenvalue weighted by Crippen LogP contribution is 2.51. The highest BCUT2D eigenvalue weighted by Gasteiger charge is 2.57. The quantitative estimate of drug-likeness (QED) is 0.516. The Morgan fingerprint density at radius 2 is 2.00 bits per heavy atom. The summed E-state index contributed by atoms with van der Waals surface area (Å²) in [6, 6.07) is 10.3. The van der Waals surface area contributed by atoms with E-state index in [1.54, 1.807) is 0 Å². The van der Waals surface area contributed by atoms with Crippen molar-refractivity contribution >= 4 is 5.91 Å². The molecule has 2 aliphatic rings. The molecule has 0 spiro atoms. The molecule has 1 aromatic rings. The van der Waals surface area contributed by atoms with Crippen molar-refractivity contribution in [3.8, 4) is 0 Å². The number of ether oxygens (including phenoxy) is 1. The topological polar surface area (TPSA) is 29.5 Å². The van der Waals surface area contributed by atoms with E-state index in [2.05, 4.69) is 32.2 Å². The standard InChI is InChI=1S/C22H29NO2/c1-4-6-10-14-22(13-5-2)16-15-21(3)23(20(22)24)19(17-25-21)18-11-8-7-9-12-18/h4-5,7-9,11-12,19H,1-2,6,10,13-17H2,3H3/t19-,21-,22-/m1/s1. The molecule has 0 saturated carbocycles. The van der Waals surface area contributed by atoms with Crippen molar-refractivity contribution < 1.29 is 9.53 Å². The van der Waals surface area contributed by atoms with E-state index < -0.39 is 5.72 Å². The van der Waals surface area contributed by atoms with Crippen molar-refractivity contribution in [1.29, 1.82) is 0 Å². The summed E-state index contributed by atoms with van der Waals surface area (Å²) < 4.78 is 6.14. The van der Waals surface area contributed by atoms with Crippen LogP contribution in [-0.2, 0) is 9.53 Å². The summed E-state index contributed by atoms with van der Waals surface area (Å²) in [5.74, 6) is 0.233. The Kier molecular flexibility index (Phi) is 5.14. The fourth-order valence-corrected chi connectivity index (χ4v) is 4.42. The van der Waals surface area contributed by atoms with E-state index >= 15 is 0 Å². The van der Waals surface area contributed by atoms with Gasteiger partial charge in [-0.05, 0) is 51.0 Å². The Balaban J connectivity index is 1.92. The van der Waals surface area contributed by atoms with Crippen molar-refractivity contribution in [2.24, 2.45) is 5.41 Å². The maximum absolute atomic E-state index is 13.7. The molecule has 0 unspecified atom stereocenters. The number of allylic oxidation sites excluding steroid dienone is 2. The molecule has 2 aliphatic heterocycles. The molecule has 2 saturated heterocycles. The van der Waals surface area contributed by atoms with Crippen molar-refractivity contribution in [2.45, 2.75) is 57.2 Å². The lowest BCUT2D eigenvalue weighted by atomic mass is 9.70. The van der Waals surface area contributed by atoms with Crippen LogP contribution in [0, 0.1) is 5.41 Å². The normalized spacial score (nSPS) is 31.6. The predicted octanol–water partition coefficient (Wildman–Crippen LogP) is 5.02. The summed E-state index contributed by atoms with van der Waals surface area (Å²) in [4.78, 5) is 15.7. The van der Waals surface area contributed by atoms with E-state index in [0.717, 1.165) is 44.1 Å². The SMILES string of the molecule is C=CCCC[C@]1(CC=C)CC[C@@]2(C)OC[C@H](c3ccccc3)N2C1=O. The molecule has 0 radical (unpaired) electrons. The largest absolute Gasteiger partial charge is 0.353 e. The minimum atomic E-state index is -0.485. The molecule has 0 N–H and O–H groups in total. The van der Waals surface area contributed by atoms with E-state index in [-0.39, 0.29) is 17.4 Å². The van der Waals surface area contributed by atoms with E-state index in [0.29, 0.717) is 6.61 Å².